The van der Waals surface area contributed by atoms with E-state index >= 15 is 0 Å². The number of ether oxygens (including phenoxy) is 3. The Morgan fingerprint density at radius 2 is 2.06 bits per heavy atom. The Balaban J connectivity index is 1.49. The maximum Gasteiger partial charge on any atom is 0.342 e. The molecule has 3 heterocycles. The van der Waals surface area contributed by atoms with Crippen LogP contribution in [0.1, 0.15) is 26.5 Å². The Morgan fingerprint density at radius 3 is 2.78 bits per heavy atom. The number of halogens is 1. The van der Waals surface area contributed by atoms with E-state index in [0.717, 1.165) is 6.08 Å². The van der Waals surface area contributed by atoms with Crippen molar-refractivity contribution < 1.29 is 32.5 Å². The van der Waals surface area contributed by atoms with Crippen molar-refractivity contribution in [1.29, 1.82) is 0 Å². The van der Waals surface area contributed by atoms with Crippen LogP contribution in [0.5, 0.6) is 5.75 Å². The summed E-state index contributed by atoms with van der Waals surface area (Å²) >= 11 is 0. The first-order valence-corrected chi connectivity index (χ1v) is 13.0. The van der Waals surface area contributed by atoms with E-state index in [9.17, 15) is 13.8 Å². The highest BCUT2D eigenvalue weighted by Gasteiger charge is 2.36. The molecule has 2 aromatic heterocycles. The zero-order valence-electron chi connectivity index (χ0n) is 19.6. The van der Waals surface area contributed by atoms with Crippen LogP contribution in [0.15, 0.2) is 54.9 Å². The van der Waals surface area contributed by atoms with E-state index in [1.165, 1.54) is 17.2 Å². The quantitative estimate of drug-likeness (QED) is 0.283. The number of fused-ring (bicyclic) bond motifs is 1. The van der Waals surface area contributed by atoms with Crippen LogP contribution in [0.3, 0.4) is 0 Å². The van der Waals surface area contributed by atoms with Crippen LogP contribution < -0.4 is 15.3 Å². The summed E-state index contributed by atoms with van der Waals surface area (Å²) in [6.45, 7) is 3.57. The number of hydrogen-bond donors (Lipinski definition) is 2. The van der Waals surface area contributed by atoms with E-state index < -0.39 is 44.2 Å². The molecule has 1 aliphatic rings. The molecule has 1 aromatic carbocycles. The van der Waals surface area contributed by atoms with Gasteiger partial charge in [0.1, 0.15) is 23.6 Å². The van der Waals surface area contributed by atoms with Gasteiger partial charge < -0.3 is 24.5 Å². The molecule has 14 heteroatoms. The zero-order chi connectivity index (χ0) is 25.7. The third-order valence-corrected chi connectivity index (χ3v) is 6.87. The number of nitrogens with two attached hydrogens (primary N) is 1. The van der Waals surface area contributed by atoms with Crippen molar-refractivity contribution in [2.24, 2.45) is 0 Å². The van der Waals surface area contributed by atoms with Gasteiger partial charge in [-0.1, -0.05) is 25.1 Å². The molecule has 1 aliphatic heterocycles. The number of aromatic nitrogens is 4. The molecule has 12 nitrogen and oxygen atoms in total. The van der Waals surface area contributed by atoms with Crippen LogP contribution in [0, 0.1) is 0 Å². The van der Waals surface area contributed by atoms with Crippen molar-refractivity contribution >= 4 is 30.5 Å². The van der Waals surface area contributed by atoms with Crippen molar-refractivity contribution in [2.45, 2.75) is 38.8 Å². The van der Waals surface area contributed by atoms with Gasteiger partial charge in [0.25, 0.3) is 0 Å². The van der Waals surface area contributed by atoms with E-state index in [4.69, 9.17) is 24.5 Å². The molecule has 0 bridgehead atoms. The molecule has 0 amide bonds. The number of nitrogens with one attached hydrogen (secondary N) is 1. The van der Waals surface area contributed by atoms with E-state index in [-0.39, 0.29) is 24.5 Å². The highest BCUT2D eigenvalue weighted by molar-refractivity contribution is 7.57. The summed E-state index contributed by atoms with van der Waals surface area (Å²) in [7, 11) is -3.85. The molecule has 0 saturated heterocycles. The number of benzene rings is 1. The molecule has 4 rings (SSSR count). The van der Waals surface area contributed by atoms with Crippen LogP contribution >= 0.6 is 7.52 Å². The lowest BCUT2D eigenvalue weighted by Gasteiger charge is -2.25. The first kappa shape index (κ1) is 25.7. The highest BCUT2D eigenvalue weighted by atomic mass is 31.2. The molecule has 192 valence electrons. The van der Waals surface area contributed by atoms with E-state index in [2.05, 4.69) is 20.0 Å². The fourth-order valence-corrected chi connectivity index (χ4v) is 5.22. The number of nitrogen functional groups attached to an aromatic ring is 1. The molecule has 0 radical (unpaired) electrons. The smallest absolute Gasteiger partial charge is 0.342 e. The molecular weight excluding hydrogens is 494 g/mol. The molecule has 36 heavy (non-hydrogen) atoms. The first-order valence-electron chi connectivity index (χ1n) is 11.2. The van der Waals surface area contributed by atoms with Crippen LogP contribution in [0.4, 0.5) is 10.2 Å². The average molecular weight is 520 g/mol. The molecule has 3 aromatic rings. The highest BCUT2D eigenvalue weighted by Crippen LogP contribution is 2.45. The third-order valence-electron chi connectivity index (χ3n) is 5.17. The zero-order valence-corrected chi connectivity index (χ0v) is 20.5. The minimum atomic E-state index is -3.85. The number of hydrogen-bond acceptors (Lipinski definition) is 10. The summed E-state index contributed by atoms with van der Waals surface area (Å²) in [5, 5.41) is 2.74. The molecule has 0 unspecified atom stereocenters. The predicted octanol–water partition coefficient (Wildman–Crippen LogP) is 3.29. The van der Waals surface area contributed by atoms with Gasteiger partial charge >= 0.3 is 13.5 Å². The largest absolute Gasteiger partial charge is 0.465 e. The Labute approximate surface area is 206 Å². The second-order valence-corrected chi connectivity index (χ2v) is 9.75. The molecule has 0 fully saturated rings. The van der Waals surface area contributed by atoms with Gasteiger partial charge in [-0.25, -0.2) is 24.4 Å². The molecule has 4 atom stereocenters. The van der Waals surface area contributed by atoms with Crippen LogP contribution in [0.25, 0.3) is 11.2 Å². The van der Waals surface area contributed by atoms with E-state index in [1.54, 1.807) is 44.2 Å². The summed E-state index contributed by atoms with van der Waals surface area (Å²) in [6.07, 6.45) is 0.984. The van der Waals surface area contributed by atoms with Gasteiger partial charge in [-0.2, -0.15) is 0 Å². The van der Waals surface area contributed by atoms with Gasteiger partial charge in [0, 0.05) is 6.08 Å². The van der Waals surface area contributed by atoms with Crippen LogP contribution in [-0.2, 0) is 23.6 Å². The number of imidazole rings is 1. The van der Waals surface area contributed by atoms with E-state index in [0.29, 0.717) is 11.3 Å². The van der Waals surface area contributed by atoms with Gasteiger partial charge in [-0.05, 0) is 25.5 Å². The Hall–Kier alpha value is -3.38. The summed E-state index contributed by atoms with van der Waals surface area (Å²) < 4.78 is 51.9. The third kappa shape index (κ3) is 5.71. The number of carbonyl (C=O) groups is 1. The summed E-state index contributed by atoms with van der Waals surface area (Å²) in [6, 6.07) is 7.50. The average Bonchev–Trinajstić information content (AvgIpc) is 3.46. The fraction of sp³-hybridized carbons (Fsp3) is 0.364. The van der Waals surface area contributed by atoms with Crippen LogP contribution in [-0.4, -0.2) is 50.8 Å². The second-order valence-electron chi connectivity index (χ2n) is 7.71. The number of nitrogens with zero attached hydrogens (tertiary/aromatic N) is 4. The van der Waals surface area contributed by atoms with Gasteiger partial charge in [0.2, 0.25) is 0 Å². The first-order chi connectivity index (χ1) is 17.3. The van der Waals surface area contributed by atoms with Gasteiger partial charge in [0.15, 0.2) is 36.2 Å². The summed E-state index contributed by atoms with van der Waals surface area (Å²) in [5.74, 6) is -0.801. The molecular formula is C22H26FN6O6P. The number of rotatable bonds is 11. The van der Waals surface area contributed by atoms with E-state index in [1.807, 2.05) is 0 Å². The molecule has 0 spiro atoms. The molecule has 3 N–H and O–H groups in total. The van der Waals surface area contributed by atoms with Crippen molar-refractivity contribution in [2.75, 3.05) is 18.7 Å². The number of para-hydroxylation sites is 1. The lowest BCUT2D eigenvalue weighted by molar-refractivity contribution is -0.145. The standard InChI is InChI=1S/C22H26FN6O6P/c1-3-16(22(30)32-4-2)28-36(31,35-14-8-6-5-7-9-14)13-33-17-10-15(23)21(34-17)29-12-27-18-19(24)25-11-26-20(18)29/h5-12,16-17,21H,3-4,13H2,1-2H3,(H,28,31)(H2,24,25,26)/t16-,17-,21+,36+/m0/s1. The van der Waals surface area contributed by atoms with Crippen molar-refractivity contribution in [3.8, 4) is 5.75 Å². The van der Waals surface area contributed by atoms with Gasteiger partial charge in [-0.15, -0.1) is 0 Å². The normalized spacial score (nSPS) is 20.0. The minimum absolute atomic E-state index is 0.145. The topological polar surface area (TPSA) is 153 Å². The Bertz CT molecular complexity index is 1290. The van der Waals surface area contributed by atoms with Crippen molar-refractivity contribution in [1.82, 2.24) is 24.6 Å². The fourth-order valence-electron chi connectivity index (χ4n) is 3.48. The second kappa shape index (κ2) is 11.1. The maximum atomic E-state index is 14.8. The van der Waals surface area contributed by atoms with Crippen LogP contribution in [0.2, 0.25) is 0 Å². The number of anilines is 1. The lowest BCUT2D eigenvalue weighted by Crippen LogP contribution is -2.37. The summed E-state index contributed by atoms with van der Waals surface area (Å²) in [5.41, 5.74) is 6.37. The summed E-state index contributed by atoms with van der Waals surface area (Å²) in [4.78, 5) is 24.4. The molecule has 0 aliphatic carbocycles. The van der Waals surface area contributed by atoms with Crippen molar-refractivity contribution in [3.63, 3.8) is 0 Å². The Kier molecular flexibility index (Phi) is 7.94. The van der Waals surface area contributed by atoms with Gasteiger partial charge in [0.05, 0.1) is 12.9 Å². The number of carbonyl (C=O) groups excluding carboxylic acids is 1. The predicted molar refractivity (Wildman–Crippen MR) is 127 cm³/mol. The number of esters is 1. The maximum absolute atomic E-state index is 14.8. The lowest BCUT2D eigenvalue weighted by atomic mass is 10.2. The van der Waals surface area contributed by atoms with Gasteiger partial charge in [-0.3, -0.25) is 13.9 Å². The monoisotopic (exact) mass is 520 g/mol. The SMILES string of the molecule is CCOC(=O)[C@H](CC)N[P@@](=O)(CO[C@@H]1C=C(F)[C@H](n2cnc3c(N)ncnc32)O1)Oc1ccccc1. The van der Waals surface area contributed by atoms with Crippen molar-refractivity contribution in [3.05, 3.63) is 54.9 Å². The minimum Gasteiger partial charge on any atom is -0.465 e. The molecule has 0 saturated carbocycles. The Morgan fingerprint density at radius 1 is 1.28 bits per heavy atom.